The molecule has 1 saturated heterocycles. The van der Waals surface area contributed by atoms with Crippen molar-refractivity contribution in [3.8, 4) is 0 Å². The van der Waals surface area contributed by atoms with Crippen molar-refractivity contribution in [2.45, 2.75) is 64.5 Å². The van der Waals surface area contributed by atoms with Crippen LogP contribution in [0.5, 0.6) is 0 Å². The number of urea groups is 1. The summed E-state index contributed by atoms with van der Waals surface area (Å²) in [5.41, 5.74) is 0. The molecule has 2 aliphatic rings. The molecule has 1 aliphatic carbocycles. The van der Waals surface area contributed by atoms with E-state index < -0.39 is 12.0 Å². The highest BCUT2D eigenvalue weighted by Crippen LogP contribution is 2.27. The predicted octanol–water partition coefficient (Wildman–Crippen LogP) is 2.56. The lowest BCUT2D eigenvalue weighted by Gasteiger charge is -2.35. The molecule has 1 N–H and O–H groups in total. The third kappa shape index (κ3) is 3.25. The van der Waals surface area contributed by atoms with Crippen LogP contribution in [0.4, 0.5) is 4.79 Å². The number of carboxylic acids is 1. The summed E-state index contributed by atoms with van der Waals surface area (Å²) in [5, 5.41) is 9.25. The number of rotatable bonds is 4. The van der Waals surface area contributed by atoms with Gasteiger partial charge in [0.2, 0.25) is 0 Å². The zero-order valence-electron chi connectivity index (χ0n) is 12.5. The van der Waals surface area contributed by atoms with Gasteiger partial charge in [0, 0.05) is 19.1 Å². The van der Waals surface area contributed by atoms with Crippen LogP contribution in [0.15, 0.2) is 0 Å². The molecule has 0 aromatic rings. The molecule has 2 amide bonds. The number of aliphatic carboxylic acids is 1. The fourth-order valence-electron chi connectivity index (χ4n) is 3.41. The summed E-state index contributed by atoms with van der Waals surface area (Å²) in [7, 11) is 0. The zero-order chi connectivity index (χ0) is 14.7. The zero-order valence-corrected chi connectivity index (χ0v) is 12.5. The van der Waals surface area contributed by atoms with Crippen LogP contribution in [0.3, 0.4) is 0 Å². The largest absolute Gasteiger partial charge is 0.480 e. The second kappa shape index (κ2) is 6.46. The van der Waals surface area contributed by atoms with E-state index in [4.69, 9.17) is 0 Å². The first kappa shape index (κ1) is 15.1. The minimum atomic E-state index is -0.869. The van der Waals surface area contributed by atoms with E-state index in [0.29, 0.717) is 24.9 Å². The number of hydrogen-bond donors (Lipinski definition) is 1. The molecule has 5 heteroatoms. The van der Waals surface area contributed by atoms with E-state index >= 15 is 0 Å². The molecule has 0 aromatic heterocycles. The fourth-order valence-corrected chi connectivity index (χ4v) is 3.41. The van der Waals surface area contributed by atoms with Crippen molar-refractivity contribution in [1.29, 1.82) is 0 Å². The van der Waals surface area contributed by atoms with Crippen molar-refractivity contribution in [3.63, 3.8) is 0 Å². The average molecular weight is 282 g/mol. The number of nitrogens with zero attached hydrogens (tertiary/aromatic N) is 2. The molecule has 20 heavy (non-hydrogen) atoms. The fraction of sp³-hybridized carbons (Fsp3) is 0.867. The Bertz CT molecular complexity index is 364. The van der Waals surface area contributed by atoms with E-state index in [0.717, 1.165) is 25.8 Å². The van der Waals surface area contributed by atoms with E-state index in [1.807, 2.05) is 4.90 Å². The summed E-state index contributed by atoms with van der Waals surface area (Å²) >= 11 is 0. The average Bonchev–Trinajstić information content (AvgIpc) is 3.05. The highest BCUT2D eigenvalue weighted by Gasteiger charge is 2.38. The van der Waals surface area contributed by atoms with Crippen LogP contribution in [0.1, 0.15) is 52.4 Å². The second-order valence-corrected chi connectivity index (χ2v) is 6.46. The molecule has 1 heterocycles. The summed E-state index contributed by atoms with van der Waals surface area (Å²) < 4.78 is 0. The lowest BCUT2D eigenvalue weighted by molar-refractivity contribution is -0.141. The molecular formula is C15H26N2O3. The number of carbonyl (C=O) groups excluding carboxylic acids is 1. The maximum Gasteiger partial charge on any atom is 0.326 e. The van der Waals surface area contributed by atoms with Gasteiger partial charge in [-0.05, 0) is 31.6 Å². The predicted molar refractivity (Wildman–Crippen MR) is 76.6 cm³/mol. The molecule has 1 atom stereocenters. The lowest BCUT2D eigenvalue weighted by atomic mass is 10.1. The molecule has 1 saturated carbocycles. The molecule has 0 radical (unpaired) electrons. The van der Waals surface area contributed by atoms with Crippen LogP contribution in [0.25, 0.3) is 0 Å². The summed E-state index contributed by atoms with van der Waals surface area (Å²) in [6.07, 6.45) is 5.85. The van der Waals surface area contributed by atoms with Crippen molar-refractivity contribution >= 4 is 12.0 Å². The SMILES string of the molecule is CC(C)CN(C(=O)N1CCC[C@H]1C(=O)O)C1CCCC1. The van der Waals surface area contributed by atoms with Crippen molar-refractivity contribution in [1.82, 2.24) is 9.80 Å². The van der Waals surface area contributed by atoms with Crippen LogP contribution < -0.4 is 0 Å². The van der Waals surface area contributed by atoms with Gasteiger partial charge in [-0.25, -0.2) is 9.59 Å². The van der Waals surface area contributed by atoms with Gasteiger partial charge in [0.1, 0.15) is 6.04 Å². The Labute approximate surface area is 120 Å². The van der Waals surface area contributed by atoms with Crippen LogP contribution in [-0.2, 0) is 4.79 Å². The standard InChI is InChI=1S/C15H26N2O3/c1-11(2)10-17(12-6-3-4-7-12)15(20)16-9-5-8-13(16)14(18)19/h11-13H,3-10H2,1-2H3,(H,18,19)/t13-/m0/s1. The molecule has 114 valence electrons. The minimum absolute atomic E-state index is 0.0597. The highest BCUT2D eigenvalue weighted by atomic mass is 16.4. The molecule has 0 spiro atoms. The number of carboxylic acid groups (broad SMARTS) is 1. The third-order valence-corrected chi connectivity index (χ3v) is 4.36. The van der Waals surface area contributed by atoms with Crippen molar-refractivity contribution in [3.05, 3.63) is 0 Å². The minimum Gasteiger partial charge on any atom is -0.480 e. The molecule has 5 nitrogen and oxygen atoms in total. The molecule has 0 aromatic carbocycles. The topological polar surface area (TPSA) is 60.9 Å². The first-order chi connectivity index (χ1) is 9.50. The van der Waals surface area contributed by atoms with Gasteiger partial charge >= 0.3 is 12.0 Å². The van der Waals surface area contributed by atoms with Gasteiger partial charge < -0.3 is 14.9 Å². The molecular weight excluding hydrogens is 256 g/mol. The maximum absolute atomic E-state index is 12.8. The van der Waals surface area contributed by atoms with Gasteiger partial charge in [-0.15, -0.1) is 0 Å². The van der Waals surface area contributed by atoms with Gasteiger partial charge in [0.15, 0.2) is 0 Å². The van der Waals surface area contributed by atoms with Crippen LogP contribution in [-0.4, -0.2) is 52.1 Å². The Morgan fingerprint density at radius 2 is 1.85 bits per heavy atom. The van der Waals surface area contributed by atoms with E-state index in [2.05, 4.69) is 13.8 Å². The molecule has 1 aliphatic heterocycles. The van der Waals surface area contributed by atoms with Gasteiger partial charge in [0.05, 0.1) is 0 Å². The first-order valence-corrected chi connectivity index (χ1v) is 7.80. The Morgan fingerprint density at radius 1 is 1.20 bits per heavy atom. The van der Waals surface area contributed by atoms with E-state index in [1.165, 1.54) is 12.8 Å². The smallest absolute Gasteiger partial charge is 0.326 e. The normalized spacial score (nSPS) is 23.6. The van der Waals surface area contributed by atoms with E-state index in [9.17, 15) is 14.7 Å². The number of amides is 2. The summed E-state index contributed by atoms with van der Waals surface area (Å²) in [4.78, 5) is 27.6. The second-order valence-electron chi connectivity index (χ2n) is 6.46. The Kier molecular flexibility index (Phi) is 4.89. The number of likely N-dealkylation sites (tertiary alicyclic amines) is 1. The van der Waals surface area contributed by atoms with Gasteiger partial charge in [-0.3, -0.25) is 0 Å². The van der Waals surface area contributed by atoms with Crippen LogP contribution in [0, 0.1) is 5.92 Å². The van der Waals surface area contributed by atoms with Gasteiger partial charge in [0.25, 0.3) is 0 Å². The Balaban J connectivity index is 2.10. The summed E-state index contributed by atoms with van der Waals surface area (Å²) in [5.74, 6) is -0.461. The van der Waals surface area contributed by atoms with Gasteiger partial charge in [-0.2, -0.15) is 0 Å². The van der Waals surface area contributed by atoms with Crippen LogP contribution >= 0.6 is 0 Å². The summed E-state index contributed by atoms with van der Waals surface area (Å²) in [6.45, 7) is 5.52. The van der Waals surface area contributed by atoms with Crippen molar-refractivity contribution in [2.75, 3.05) is 13.1 Å². The number of carbonyl (C=O) groups is 2. The number of hydrogen-bond acceptors (Lipinski definition) is 2. The van der Waals surface area contributed by atoms with Crippen molar-refractivity contribution < 1.29 is 14.7 Å². The lowest BCUT2D eigenvalue weighted by Crippen LogP contribution is -2.52. The highest BCUT2D eigenvalue weighted by molar-refractivity contribution is 5.83. The van der Waals surface area contributed by atoms with Crippen molar-refractivity contribution in [2.24, 2.45) is 5.92 Å². The molecule has 2 rings (SSSR count). The van der Waals surface area contributed by atoms with E-state index in [-0.39, 0.29) is 6.03 Å². The van der Waals surface area contributed by atoms with E-state index in [1.54, 1.807) is 4.90 Å². The molecule has 2 fully saturated rings. The van der Waals surface area contributed by atoms with Crippen LogP contribution in [0.2, 0.25) is 0 Å². The molecule has 0 unspecified atom stereocenters. The Hall–Kier alpha value is -1.26. The summed E-state index contributed by atoms with van der Waals surface area (Å²) in [6, 6.07) is -0.381. The monoisotopic (exact) mass is 282 g/mol. The third-order valence-electron chi connectivity index (χ3n) is 4.36. The molecule has 0 bridgehead atoms. The quantitative estimate of drug-likeness (QED) is 0.862. The maximum atomic E-state index is 12.8. The first-order valence-electron chi connectivity index (χ1n) is 7.80. The van der Waals surface area contributed by atoms with Gasteiger partial charge in [-0.1, -0.05) is 26.7 Å². The Morgan fingerprint density at radius 3 is 2.40 bits per heavy atom.